The highest BCUT2D eigenvalue weighted by Gasteiger charge is 2.32. The lowest BCUT2D eigenvalue weighted by molar-refractivity contribution is -0.113. The van der Waals surface area contributed by atoms with E-state index in [0.29, 0.717) is 27.7 Å². The first kappa shape index (κ1) is 26.8. The molecule has 5 rings (SSSR count). The van der Waals surface area contributed by atoms with Crippen LogP contribution in [0.25, 0.3) is 11.4 Å². The van der Waals surface area contributed by atoms with Crippen molar-refractivity contribution < 1.29 is 9.53 Å². The first-order chi connectivity index (χ1) is 18.2. The number of hydrogen-bond donors (Lipinski definition) is 1. The van der Waals surface area contributed by atoms with Crippen LogP contribution in [-0.4, -0.2) is 32.5 Å². The van der Waals surface area contributed by atoms with E-state index >= 15 is 0 Å². The molecular formula is C29H35N5O2S2. The maximum atomic E-state index is 12.9. The van der Waals surface area contributed by atoms with Crippen LogP contribution in [0.3, 0.4) is 0 Å². The minimum Gasteiger partial charge on any atom is -0.490 e. The van der Waals surface area contributed by atoms with Gasteiger partial charge in [0.25, 0.3) is 0 Å². The average molecular weight is 550 g/mol. The molecule has 7 nitrogen and oxygen atoms in total. The third-order valence-electron chi connectivity index (χ3n) is 7.74. The molecule has 3 aromatic rings. The molecule has 0 saturated heterocycles. The molecule has 1 N–H and O–H groups in total. The summed E-state index contributed by atoms with van der Waals surface area (Å²) in [6, 6.07) is 10.3. The van der Waals surface area contributed by atoms with Crippen LogP contribution in [0.2, 0.25) is 0 Å². The minimum atomic E-state index is -0.143. The van der Waals surface area contributed by atoms with E-state index in [1.54, 1.807) is 11.3 Å². The van der Waals surface area contributed by atoms with Crippen molar-refractivity contribution in [3.05, 3.63) is 40.3 Å². The summed E-state index contributed by atoms with van der Waals surface area (Å²) in [4.78, 5) is 14.1. The average Bonchev–Trinajstić information content (AvgIpc) is 3.61. The number of thioether (sulfide) groups is 1. The summed E-state index contributed by atoms with van der Waals surface area (Å²) >= 11 is 2.91. The molecule has 0 aliphatic heterocycles. The molecule has 38 heavy (non-hydrogen) atoms. The number of fused-ring (bicyclic) bond motifs is 1. The van der Waals surface area contributed by atoms with Gasteiger partial charge in [0.05, 0.1) is 17.4 Å². The molecule has 1 amide bonds. The first-order valence-electron chi connectivity index (χ1n) is 13.4. The number of nitriles is 1. The lowest BCUT2D eigenvalue weighted by Crippen LogP contribution is -2.26. The molecule has 1 aromatic carbocycles. The highest BCUT2D eigenvalue weighted by Crippen LogP contribution is 2.44. The maximum Gasteiger partial charge on any atom is 0.235 e. The molecule has 1 fully saturated rings. The number of amides is 1. The van der Waals surface area contributed by atoms with E-state index in [-0.39, 0.29) is 17.1 Å². The number of carbonyl (C=O) groups excluding carboxylic acids is 1. The zero-order valence-corrected chi connectivity index (χ0v) is 24.2. The van der Waals surface area contributed by atoms with E-state index < -0.39 is 0 Å². The third-order valence-corrected chi connectivity index (χ3v) is 9.93. The second-order valence-electron chi connectivity index (χ2n) is 11.4. The lowest BCUT2D eigenvalue weighted by atomic mass is 9.72. The van der Waals surface area contributed by atoms with E-state index in [9.17, 15) is 10.1 Å². The summed E-state index contributed by atoms with van der Waals surface area (Å²) in [7, 11) is 1.91. The number of nitrogens with zero attached hydrogens (tertiary/aromatic N) is 4. The summed E-state index contributed by atoms with van der Waals surface area (Å²) in [6.45, 7) is 6.83. The number of thiophene rings is 1. The number of benzene rings is 1. The van der Waals surface area contributed by atoms with Gasteiger partial charge in [0, 0.05) is 17.5 Å². The molecule has 2 aliphatic carbocycles. The van der Waals surface area contributed by atoms with Gasteiger partial charge in [-0.2, -0.15) is 5.26 Å². The van der Waals surface area contributed by atoms with Gasteiger partial charge in [0.1, 0.15) is 16.8 Å². The van der Waals surface area contributed by atoms with Crippen LogP contribution < -0.4 is 10.1 Å². The maximum absolute atomic E-state index is 12.9. The number of hydrogen-bond acceptors (Lipinski definition) is 7. The SMILES string of the molecule is Cn1c(SCC(=O)Nc2sc3c(c2C#N)CCC(C(C)(C)C)C3)nnc1-c1ccc(OC2CCCC2)cc1. The molecule has 200 valence electrons. The van der Waals surface area contributed by atoms with Crippen LogP contribution in [0.1, 0.15) is 68.9 Å². The Morgan fingerprint density at radius 2 is 1.95 bits per heavy atom. The topological polar surface area (TPSA) is 92.8 Å². The summed E-state index contributed by atoms with van der Waals surface area (Å²) in [5, 5.41) is 22.8. The van der Waals surface area contributed by atoms with Gasteiger partial charge >= 0.3 is 0 Å². The summed E-state index contributed by atoms with van der Waals surface area (Å²) in [5.74, 6) is 2.26. The lowest BCUT2D eigenvalue weighted by Gasteiger charge is -2.33. The van der Waals surface area contributed by atoms with Gasteiger partial charge in [-0.1, -0.05) is 32.5 Å². The molecular weight excluding hydrogens is 514 g/mol. The number of rotatable bonds is 7. The fourth-order valence-electron chi connectivity index (χ4n) is 5.40. The van der Waals surface area contributed by atoms with Gasteiger partial charge in [-0.3, -0.25) is 4.79 Å². The predicted molar refractivity (Wildman–Crippen MR) is 153 cm³/mol. The molecule has 0 bridgehead atoms. The van der Waals surface area contributed by atoms with E-state index in [1.807, 2.05) is 35.9 Å². The van der Waals surface area contributed by atoms with Crippen molar-refractivity contribution in [3.8, 4) is 23.2 Å². The fourth-order valence-corrected chi connectivity index (χ4v) is 7.40. The van der Waals surface area contributed by atoms with Crippen LogP contribution in [0.4, 0.5) is 5.00 Å². The molecule has 0 spiro atoms. The Balaban J connectivity index is 1.20. The second-order valence-corrected chi connectivity index (χ2v) is 13.4. The predicted octanol–water partition coefficient (Wildman–Crippen LogP) is 6.62. The molecule has 2 heterocycles. The summed E-state index contributed by atoms with van der Waals surface area (Å²) in [5.41, 5.74) is 2.94. The third kappa shape index (κ3) is 5.76. The van der Waals surface area contributed by atoms with Crippen LogP contribution in [0.5, 0.6) is 5.75 Å². The second kappa shape index (κ2) is 11.1. The van der Waals surface area contributed by atoms with Crippen molar-refractivity contribution >= 4 is 34.0 Å². The largest absolute Gasteiger partial charge is 0.490 e. The van der Waals surface area contributed by atoms with E-state index in [4.69, 9.17) is 4.74 Å². The molecule has 0 radical (unpaired) electrons. The van der Waals surface area contributed by atoms with Crippen molar-refractivity contribution in [3.63, 3.8) is 0 Å². The van der Waals surface area contributed by atoms with Crippen molar-refractivity contribution in [2.45, 2.75) is 77.0 Å². The smallest absolute Gasteiger partial charge is 0.235 e. The van der Waals surface area contributed by atoms with Gasteiger partial charge in [0.15, 0.2) is 11.0 Å². The van der Waals surface area contributed by atoms with Crippen LogP contribution in [0.15, 0.2) is 29.4 Å². The quantitative estimate of drug-likeness (QED) is 0.333. The Morgan fingerprint density at radius 1 is 1.21 bits per heavy atom. The van der Waals surface area contributed by atoms with Crippen LogP contribution >= 0.6 is 23.1 Å². The highest BCUT2D eigenvalue weighted by atomic mass is 32.2. The van der Waals surface area contributed by atoms with Gasteiger partial charge in [0.2, 0.25) is 5.91 Å². The number of ether oxygens (including phenoxy) is 1. The Labute approximate surface area is 233 Å². The van der Waals surface area contributed by atoms with Crippen molar-refractivity contribution in [1.29, 1.82) is 5.26 Å². The molecule has 2 aromatic heterocycles. The monoisotopic (exact) mass is 549 g/mol. The molecule has 1 saturated carbocycles. The van der Waals surface area contributed by atoms with Gasteiger partial charge in [-0.15, -0.1) is 21.5 Å². The van der Waals surface area contributed by atoms with Crippen molar-refractivity contribution in [2.75, 3.05) is 11.1 Å². The van der Waals surface area contributed by atoms with Gasteiger partial charge in [-0.05, 0) is 86.1 Å². The van der Waals surface area contributed by atoms with E-state index in [2.05, 4.69) is 42.4 Å². The number of aromatic nitrogens is 3. The Kier molecular flexibility index (Phi) is 7.83. The number of nitrogens with one attached hydrogen (secondary N) is 1. The van der Waals surface area contributed by atoms with Crippen molar-refractivity contribution in [2.24, 2.45) is 18.4 Å². The zero-order valence-electron chi connectivity index (χ0n) is 22.5. The fraction of sp³-hybridized carbons (Fsp3) is 0.517. The standard InChI is InChI=1S/C29H35N5O2S2/c1-29(2,3)19-11-14-22-23(16-30)27(38-24(22)15-19)31-25(35)17-37-28-33-32-26(34(28)4)18-9-12-21(13-10-18)36-20-7-5-6-8-20/h9-10,12-13,19-20H,5-8,11,14-15,17H2,1-4H3,(H,31,35). The molecule has 2 aliphatic rings. The number of anilines is 1. The van der Waals surface area contributed by atoms with Crippen molar-refractivity contribution in [1.82, 2.24) is 14.8 Å². The minimum absolute atomic E-state index is 0.143. The number of carbonyl (C=O) groups is 1. The molecule has 1 unspecified atom stereocenters. The molecule has 1 atom stereocenters. The Hall–Kier alpha value is -2.83. The Bertz CT molecular complexity index is 1340. The van der Waals surface area contributed by atoms with Crippen LogP contribution in [-0.2, 0) is 24.7 Å². The highest BCUT2D eigenvalue weighted by molar-refractivity contribution is 7.99. The molecule has 9 heteroatoms. The van der Waals surface area contributed by atoms with E-state index in [1.165, 1.54) is 29.5 Å². The normalized spacial score (nSPS) is 17.7. The first-order valence-corrected chi connectivity index (χ1v) is 15.2. The van der Waals surface area contributed by atoms with Gasteiger partial charge in [-0.25, -0.2) is 0 Å². The van der Waals surface area contributed by atoms with Crippen LogP contribution in [0, 0.1) is 22.7 Å². The zero-order chi connectivity index (χ0) is 26.9. The summed E-state index contributed by atoms with van der Waals surface area (Å²) < 4.78 is 7.97. The summed E-state index contributed by atoms with van der Waals surface area (Å²) in [6.07, 6.45) is 8.02. The van der Waals surface area contributed by atoms with Gasteiger partial charge < -0.3 is 14.6 Å². The van der Waals surface area contributed by atoms with E-state index in [0.717, 1.165) is 54.8 Å². The Morgan fingerprint density at radius 3 is 2.63 bits per heavy atom.